The monoisotopic (exact) mass is 428 g/mol. The number of thioether (sulfide) groups is 1. The zero-order chi connectivity index (χ0) is 20.2. The zero-order valence-electron chi connectivity index (χ0n) is 16.5. The zero-order valence-corrected chi connectivity index (χ0v) is 18.0. The molecule has 0 spiro atoms. The highest BCUT2D eigenvalue weighted by molar-refractivity contribution is 7.98. The molecule has 1 fully saturated rings. The van der Waals surface area contributed by atoms with Gasteiger partial charge in [0.2, 0.25) is 11.9 Å². The third-order valence-electron chi connectivity index (χ3n) is 5.40. The molecule has 0 radical (unpaired) electrons. The Hall–Kier alpha value is -2.18. The summed E-state index contributed by atoms with van der Waals surface area (Å²) in [6.07, 6.45) is 4.81. The summed E-state index contributed by atoms with van der Waals surface area (Å²) >= 11 is 7.81. The normalized spacial score (nSPS) is 16.9. The van der Waals surface area contributed by atoms with E-state index in [1.54, 1.807) is 11.8 Å². The molecule has 152 valence electrons. The Morgan fingerprint density at radius 1 is 1.31 bits per heavy atom. The smallest absolute Gasteiger partial charge is 0.224 e. The van der Waals surface area contributed by atoms with E-state index in [9.17, 15) is 4.79 Å². The van der Waals surface area contributed by atoms with Crippen LogP contribution in [0.2, 0.25) is 5.02 Å². The lowest BCUT2D eigenvalue weighted by Gasteiger charge is -2.31. The van der Waals surface area contributed by atoms with E-state index < -0.39 is 0 Å². The van der Waals surface area contributed by atoms with Crippen LogP contribution in [0, 0.1) is 5.92 Å². The number of nitrogens with zero attached hydrogens (tertiary/aromatic N) is 2. The predicted molar refractivity (Wildman–Crippen MR) is 121 cm³/mol. The van der Waals surface area contributed by atoms with Crippen molar-refractivity contribution in [3.63, 3.8) is 0 Å². The van der Waals surface area contributed by atoms with E-state index in [-0.39, 0.29) is 11.8 Å². The van der Waals surface area contributed by atoms with Crippen LogP contribution in [-0.2, 0) is 11.2 Å². The van der Waals surface area contributed by atoms with Gasteiger partial charge in [0.15, 0.2) is 0 Å². The van der Waals surface area contributed by atoms with E-state index in [0.29, 0.717) is 18.1 Å². The van der Waals surface area contributed by atoms with E-state index in [1.807, 2.05) is 18.2 Å². The number of hydrogen-bond donors (Lipinski definition) is 2. The Bertz CT molecular complexity index is 988. The first-order valence-electron chi connectivity index (χ1n) is 9.93. The van der Waals surface area contributed by atoms with E-state index in [4.69, 9.17) is 11.6 Å². The number of amides is 1. The van der Waals surface area contributed by atoms with Crippen molar-refractivity contribution >= 4 is 46.3 Å². The minimum atomic E-state index is -0.0144. The van der Waals surface area contributed by atoms with Crippen molar-refractivity contribution in [2.24, 2.45) is 5.92 Å². The van der Waals surface area contributed by atoms with Crippen molar-refractivity contribution < 1.29 is 4.79 Å². The molecule has 0 bridgehead atoms. The molecule has 3 aromatic rings. The first kappa shape index (κ1) is 20.1. The second kappa shape index (κ2) is 9.09. The fourth-order valence-electron chi connectivity index (χ4n) is 3.77. The summed E-state index contributed by atoms with van der Waals surface area (Å²) in [5.41, 5.74) is 3.06. The fraction of sp³-hybridized carbons (Fsp3) is 0.364. The molecule has 1 saturated heterocycles. The van der Waals surface area contributed by atoms with Gasteiger partial charge in [-0.15, -0.1) is 11.8 Å². The minimum Gasteiger partial charge on any atom is -0.355 e. The molecule has 2 heterocycles. The molecule has 2 N–H and O–H groups in total. The van der Waals surface area contributed by atoms with E-state index in [2.05, 4.69) is 50.7 Å². The fourth-order valence-corrected chi connectivity index (χ4v) is 4.35. The number of H-pyrrole nitrogens is 1. The number of aromatic amines is 1. The van der Waals surface area contributed by atoms with Gasteiger partial charge < -0.3 is 15.2 Å². The van der Waals surface area contributed by atoms with Crippen LogP contribution in [0.5, 0.6) is 0 Å². The maximum Gasteiger partial charge on any atom is 0.224 e. The van der Waals surface area contributed by atoms with Gasteiger partial charge in [-0.3, -0.25) is 4.79 Å². The Morgan fingerprint density at radius 2 is 2.14 bits per heavy atom. The van der Waals surface area contributed by atoms with E-state index in [1.165, 1.54) is 10.5 Å². The van der Waals surface area contributed by atoms with Crippen molar-refractivity contribution in [2.45, 2.75) is 24.2 Å². The van der Waals surface area contributed by atoms with Crippen LogP contribution in [0.4, 0.5) is 5.95 Å². The van der Waals surface area contributed by atoms with Crippen LogP contribution < -0.4 is 10.2 Å². The molecular formula is C22H25ClN4OS. The second-order valence-corrected chi connectivity index (χ2v) is 8.71. The quantitative estimate of drug-likeness (QED) is 0.567. The highest BCUT2D eigenvalue weighted by atomic mass is 35.5. The van der Waals surface area contributed by atoms with Gasteiger partial charge in [-0.25, -0.2) is 4.98 Å². The number of carbonyl (C=O) groups excluding carboxylic acids is 1. The molecule has 0 saturated carbocycles. The summed E-state index contributed by atoms with van der Waals surface area (Å²) in [4.78, 5) is 24.1. The average Bonchev–Trinajstić information content (AvgIpc) is 3.17. The molecule has 1 amide bonds. The number of piperidine rings is 1. The third kappa shape index (κ3) is 4.87. The van der Waals surface area contributed by atoms with Crippen LogP contribution in [0.25, 0.3) is 11.0 Å². The van der Waals surface area contributed by atoms with Gasteiger partial charge in [-0.1, -0.05) is 23.7 Å². The molecule has 1 aliphatic rings. The average molecular weight is 429 g/mol. The number of imidazole rings is 1. The van der Waals surface area contributed by atoms with Gasteiger partial charge in [0.25, 0.3) is 0 Å². The molecule has 1 aliphatic heterocycles. The summed E-state index contributed by atoms with van der Waals surface area (Å²) in [6.45, 7) is 2.25. The van der Waals surface area contributed by atoms with Crippen LogP contribution >= 0.6 is 23.4 Å². The molecule has 2 aromatic carbocycles. The van der Waals surface area contributed by atoms with Crippen molar-refractivity contribution in [3.05, 3.63) is 53.1 Å². The number of carbonyl (C=O) groups is 1. The summed E-state index contributed by atoms with van der Waals surface area (Å²) in [7, 11) is 0. The molecule has 7 heteroatoms. The number of halogens is 1. The molecule has 0 aliphatic carbocycles. The lowest BCUT2D eigenvalue weighted by atomic mass is 9.97. The molecule has 1 aromatic heterocycles. The van der Waals surface area contributed by atoms with Crippen molar-refractivity contribution in [1.82, 2.24) is 15.3 Å². The van der Waals surface area contributed by atoms with Crippen LogP contribution in [-0.4, -0.2) is 41.8 Å². The number of rotatable bonds is 6. The topological polar surface area (TPSA) is 61.0 Å². The standard InChI is InChI=1S/C22H25ClN4OS/c1-29-18-7-4-15(5-8-18)10-11-24-21(28)16-3-2-12-27(14-16)22-25-19-9-6-17(23)13-20(19)26-22/h4-9,13,16H,2-3,10-12,14H2,1H3,(H,24,28)(H,25,26)/t16-/m1/s1. The SMILES string of the molecule is CSc1ccc(CCNC(=O)[C@@H]2CCCN(c3nc4ccc(Cl)cc4[nH]3)C2)cc1. The van der Waals surface area contributed by atoms with E-state index >= 15 is 0 Å². The number of aromatic nitrogens is 2. The lowest BCUT2D eigenvalue weighted by molar-refractivity contribution is -0.125. The van der Waals surface area contributed by atoms with Gasteiger partial charge in [-0.2, -0.15) is 0 Å². The largest absolute Gasteiger partial charge is 0.355 e. The molecule has 29 heavy (non-hydrogen) atoms. The Morgan fingerprint density at radius 3 is 2.93 bits per heavy atom. The van der Waals surface area contributed by atoms with Gasteiger partial charge >= 0.3 is 0 Å². The Labute approximate surface area is 180 Å². The number of fused-ring (bicyclic) bond motifs is 1. The summed E-state index contributed by atoms with van der Waals surface area (Å²) in [6, 6.07) is 14.2. The minimum absolute atomic E-state index is 0.0144. The highest BCUT2D eigenvalue weighted by Crippen LogP contribution is 2.25. The summed E-state index contributed by atoms with van der Waals surface area (Å²) < 4.78 is 0. The maximum absolute atomic E-state index is 12.7. The Kier molecular flexibility index (Phi) is 6.31. The first-order chi connectivity index (χ1) is 14.1. The summed E-state index contributed by atoms with van der Waals surface area (Å²) in [5, 5.41) is 3.80. The molecule has 1 atom stereocenters. The molecule has 4 rings (SSSR count). The van der Waals surface area contributed by atoms with Gasteiger partial charge in [0.05, 0.1) is 17.0 Å². The van der Waals surface area contributed by atoms with Crippen LogP contribution in [0.1, 0.15) is 18.4 Å². The molecular weight excluding hydrogens is 404 g/mol. The van der Waals surface area contributed by atoms with Crippen molar-refractivity contribution in [2.75, 3.05) is 30.8 Å². The number of benzene rings is 2. The van der Waals surface area contributed by atoms with Gasteiger partial charge in [0.1, 0.15) is 0 Å². The third-order valence-corrected chi connectivity index (χ3v) is 6.37. The van der Waals surface area contributed by atoms with Crippen LogP contribution in [0.15, 0.2) is 47.4 Å². The first-order valence-corrected chi connectivity index (χ1v) is 11.5. The van der Waals surface area contributed by atoms with E-state index in [0.717, 1.165) is 42.8 Å². The predicted octanol–water partition coefficient (Wildman–Crippen LogP) is 4.51. The van der Waals surface area contributed by atoms with Gasteiger partial charge in [0, 0.05) is 29.6 Å². The van der Waals surface area contributed by atoms with Crippen molar-refractivity contribution in [1.29, 1.82) is 0 Å². The van der Waals surface area contributed by atoms with Gasteiger partial charge in [-0.05, 0) is 61.4 Å². The number of hydrogen-bond acceptors (Lipinski definition) is 4. The molecule has 5 nitrogen and oxygen atoms in total. The number of nitrogens with one attached hydrogen (secondary N) is 2. The second-order valence-electron chi connectivity index (χ2n) is 7.40. The summed E-state index contributed by atoms with van der Waals surface area (Å²) in [5.74, 6) is 0.933. The highest BCUT2D eigenvalue weighted by Gasteiger charge is 2.27. The molecule has 0 unspecified atom stereocenters. The lowest BCUT2D eigenvalue weighted by Crippen LogP contribution is -2.43. The number of anilines is 1. The Balaban J connectivity index is 1.32. The maximum atomic E-state index is 12.7. The van der Waals surface area contributed by atoms with Crippen molar-refractivity contribution in [3.8, 4) is 0 Å². The van der Waals surface area contributed by atoms with Crippen LogP contribution in [0.3, 0.4) is 0 Å².